The van der Waals surface area contributed by atoms with Crippen LogP contribution < -0.4 is 10.5 Å². The fourth-order valence-electron chi connectivity index (χ4n) is 12.9. The maximum Gasteiger partial charge on any atom is 0.269 e. The molecule has 0 saturated heterocycles. The molecule has 0 aliphatic carbocycles. The number of hydrogen-bond donors (Lipinski definition) is 5. The van der Waals surface area contributed by atoms with Crippen molar-refractivity contribution in [3.05, 3.63) is 392 Å². The van der Waals surface area contributed by atoms with Gasteiger partial charge in [0.15, 0.2) is 28.9 Å². The summed E-state index contributed by atoms with van der Waals surface area (Å²) in [6.07, 6.45) is 11.4. The smallest absolute Gasteiger partial charge is 0.269 e. The maximum atomic E-state index is 12.3. The van der Waals surface area contributed by atoms with Gasteiger partial charge in [-0.2, -0.15) is 22.7 Å². The molecule has 0 amide bonds. The van der Waals surface area contributed by atoms with Gasteiger partial charge >= 0.3 is 0 Å². The number of carbonyl (C=O) groups is 5. The van der Waals surface area contributed by atoms with E-state index in [1.54, 1.807) is 11.3 Å². The van der Waals surface area contributed by atoms with E-state index < -0.39 is 5.63 Å². The number of carbonyl (C=O) groups excluding carboxylic acids is 5. The minimum Gasteiger partial charge on any atom is -0.512 e. The second kappa shape index (κ2) is 57.7. The van der Waals surface area contributed by atoms with E-state index in [0.717, 1.165) is 87.5 Å². The molecule has 0 bridgehead atoms. The molecule has 0 unspecified atom stereocenters. The number of rotatable bonds is 11. The van der Waals surface area contributed by atoms with Crippen LogP contribution in [-0.4, -0.2) is 98.4 Å². The van der Waals surface area contributed by atoms with Gasteiger partial charge in [-0.25, -0.2) is 0 Å². The molecule has 5 radical (unpaired) electrons. The van der Waals surface area contributed by atoms with Crippen molar-refractivity contribution >= 4 is 154 Å². The average molecular weight is 2750 g/mol. The maximum absolute atomic E-state index is 12.3. The summed E-state index contributed by atoms with van der Waals surface area (Å²) in [5.74, 6) is 0.310. The van der Waals surface area contributed by atoms with Crippen molar-refractivity contribution in [3.8, 4) is 55.2 Å². The van der Waals surface area contributed by atoms with E-state index >= 15 is 0 Å². The zero-order valence-electron chi connectivity index (χ0n) is 76.3. The molecule has 12 aromatic carbocycles. The molecule has 0 aliphatic heterocycles. The molecular formula is C110H95Ir5N7O13S2-4. The van der Waals surface area contributed by atoms with Crippen LogP contribution in [0.2, 0.25) is 0 Å². The number of fused-ring (bicyclic) bond motifs is 9. The Balaban J connectivity index is 0.000000277. The van der Waals surface area contributed by atoms with Crippen LogP contribution in [-0.2, 0) is 124 Å². The predicted molar refractivity (Wildman–Crippen MR) is 535 cm³/mol. The summed E-state index contributed by atoms with van der Waals surface area (Å²) < 4.78 is 13.4. The first-order chi connectivity index (χ1) is 63.4. The van der Waals surface area contributed by atoms with Gasteiger partial charge in [-0.15, -0.1) is 101 Å². The van der Waals surface area contributed by atoms with Crippen molar-refractivity contribution in [2.75, 3.05) is 19.0 Å². The molecule has 19 rings (SSSR count). The molecule has 7 aromatic heterocycles. The van der Waals surface area contributed by atoms with Gasteiger partial charge < -0.3 is 44.3 Å². The number of aliphatic hydroxyl groups excluding tert-OH is 5. The van der Waals surface area contributed by atoms with E-state index in [1.807, 2.05) is 189 Å². The number of hydrogen-bond acceptors (Lipinski definition) is 22. The molecule has 5 N–H and O–H groups in total. The Hall–Kier alpha value is -13.1. The van der Waals surface area contributed by atoms with Crippen molar-refractivity contribution < 1.29 is 159 Å². The SMILES string of the molecule is CC(=O)C=C(C)O.CC(=O)C=C(C)O.CC(=O)C=C(C)O.CC(=O)C=C(C)O.CC(=O)C=C(C)O.CN(C)c1ccc2[c-]c(-c3nc4ccccc4s3)c(=O)oc2c1.[Ir].[Ir].[Ir].[Ir].[Ir].[c-]1cc2ccccc2cc1-c1nccc2ccccc12.[c-]1ccc2ccccc2c1-c1nc2ccccc2s1.[c-]1ccccc1-c1nc2ccccc2o1.c1ccc2cc(-c3nccc4ccccc34)ncc2c1. The Morgan fingerprint density at radius 3 is 1.26 bits per heavy atom. The van der Waals surface area contributed by atoms with Gasteiger partial charge in [0.2, 0.25) is 0 Å². The van der Waals surface area contributed by atoms with E-state index in [1.165, 1.54) is 159 Å². The summed E-state index contributed by atoms with van der Waals surface area (Å²) in [5, 5.41) is 56.2. The number of anilines is 1. The topological polar surface area (TPSA) is 310 Å². The number of oxazole rings is 1. The quantitative estimate of drug-likeness (QED) is 0.0348. The minimum atomic E-state index is -0.410. The van der Waals surface area contributed by atoms with Gasteiger partial charge in [0.1, 0.15) is 11.5 Å². The Morgan fingerprint density at radius 1 is 0.358 bits per heavy atom. The molecule has 20 nitrogen and oxygen atoms in total. The first kappa shape index (κ1) is 114. The normalized spacial score (nSPS) is 10.7. The molecule has 0 saturated carbocycles. The summed E-state index contributed by atoms with van der Waals surface area (Å²) in [4.78, 5) is 91.7. The van der Waals surface area contributed by atoms with Crippen molar-refractivity contribution in [3.63, 3.8) is 0 Å². The number of benzene rings is 12. The first-order valence-electron chi connectivity index (χ1n) is 41.4. The van der Waals surface area contributed by atoms with Gasteiger partial charge in [0.25, 0.3) is 5.63 Å². The molecule has 0 spiro atoms. The number of nitrogens with zero attached hydrogens (tertiary/aromatic N) is 7. The van der Waals surface area contributed by atoms with Crippen LogP contribution in [0.4, 0.5) is 5.69 Å². The van der Waals surface area contributed by atoms with Crippen LogP contribution in [0.25, 0.3) is 152 Å². The van der Waals surface area contributed by atoms with Crippen molar-refractivity contribution in [2.45, 2.75) is 69.2 Å². The molecular weight excluding hydrogens is 2650 g/mol. The van der Waals surface area contributed by atoms with Crippen LogP contribution >= 0.6 is 22.7 Å². The summed E-state index contributed by atoms with van der Waals surface area (Å²) >= 11 is 3.19. The van der Waals surface area contributed by atoms with Gasteiger partial charge in [-0.3, -0.25) is 53.7 Å². The number of ketones is 5. The summed E-state index contributed by atoms with van der Waals surface area (Å²) in [6.45, 7) is 14.2. The zero-order chi connectivity index (χ0) is 94.8. The monoisotopic (exact) mass is 2750 g/mol. The van der Waals surface area contributed by atoms with Crippen LogP contribution in [0.1, 0.15) is 69.2 Å². The van der Waals surface area contributed by atoms with E-state index in [-0.39, 0.29) is 158 Å². The van der Waals surface area contributed by atoms with Crippen LogP contribution in [0.15, 0.2) is 370 Å². The summed E-state index contributed by atoms with van der Waals surface area (Å²) in [6, 6.07) is 106. The molecule has 0 aliphatic rings. The second-order valence-corrected chi connectivity index (χ2v) is 31.8. The van der Waals surface area contributed by atoms with E-state index in [2.05, 4.69) is 177 Å². The van der Waals surface area contributed by atoms with Crippen molar-refractivity contribution in [1.82, 2.24) is 29.9 Å². The summed E-state index contributed by atoms with van der Waals surface area (Å²) in [7, 11) is 3.89. The van der Waals surface area contributed by atoms with Gasteiger partial charge in [0.05, 0.1) is 67.3 Å². The van der Waals surface area contributed by atoms with E-state index in [9.17, 15) is 28.8 Å². The fourth-order valence-corrected chi connectivity index (χ4v) is 14.8. The van der Waals surface area contributed by atoms with Crippen molar-refractivity contribution in [1.29, 1.82) is 0 Å². The number of aromatic nitrogens is 6. The molecule has 0 atom stereocenters. The predicted octanol–water partition coefficient (Wildman–Crippen LogP) is 26.6. The number of pyridine rings is 3. The van der Waals surface area contributed by atoms with Gasteiger partial charge in [0, 0.05) is 194 Å². The van der Waals surface area contributed by atoms with Gasteiger partial charge in [-0.05, 0) is 163 Å². The third kappa shape index (κ3) is 35.9. The Bertz CT molecular complexity index is 7070. The largest absolute Gasteiger partial charge is 0.512 e. The molecule has 7 heterocycles. The number of thiazole rings is 2. The Kier molecular flexibility index (Phi) is 48.2. The van der Waals surface area contributed by atoms with E-state index in [4.69, 9.17) is 39.4 Å². The fraction of sp³-hybridized carbons (Fsp3) is 0.109. The second-order valence-electron chi connectivity index (χ2n) is 29.8. The van der Waals surface area contributed by atoms with Crippen LogP contribution in [0.5, 0.6) is 0 Å². The molecule has 137 heavy (non-hydrogen) atoms. The zero-order valence-corrected chi connectivity index (χ0v) is 89.9. The van der Waals surface area contributed by atoms with Crippen LogP contribution in [0, 0.1) is 24.3 Å². The molecule has 0 fully saturated rings. The van der Waals surface area contributed by atoms with Crippen LogP contribution in [0.3, 0.4) is 0 Å². The number of aliphatic hydroxyl groups is 5. The standard InChI is InChI=1S/C19H12N.C18H13N2O2S.C18H12N2.C17H10NS.C13H8NO.5C5H8O2.5Ir/c1-2-7-16-13-17(10-9-14(16)5-1)19-18-8-4-3-6-15(18)11-12-20-19;1-20(2)12-8-7-11-9-13(18(21)22-15(11)10-12)17-19-14-5-3-4-6-16(14)23-17;1-2-7-15-12-20-17(11-14(15)6-1)18-16-8-4-3-5-13(16)9-10-19-18;1-2-8-13-12(6-1)7-5-9-14(13)17-18-15-10-3-4-11-16(15)19-17;1-2-6-10(7-3-1)13-14-11-8-4-5-9-12(11)15-13;5*1-4(6)3-5(2)7;;;;;/h1-9,11-13H;3-8,10H,1-2H3;1-12H;1-8,10-11H;1-6,8-9H;5*3,6H,1-2H3;;;;;/q2*-1;;2*-1;;;;;;;;;;. The molecule has 27 heteroatoms. The van der Waals surface area contributed by atoms with Gasteiger partial charge in [-0.1, -0.05) is 186 Å². The van der Waals surface area contributed by atoms with E-state index in [0.29, 0.717) is 22.0 Å². The van der Waals surface area contributed by atoms with Crippen molar-refractivity contribution in [2.24, 2.45) is 0 Å². The minimum absolute atomic E-state index is 0. The molecule has 709 valence electrons. The summed E-state index contributed by atoms with van der Waals surface area (Å²) in [5.41, 5.74) is 11.0. The Labute approximate surface area is 869 Å². The number of allylic oxidation sites excluding steroid dienone is 10. The first-order valence-corrected chi connectivity index (χ1v) is 43.0. The third-order valence-electron chi connectivity index (χ3n) is 18.3. The third-order valence-corrected chi connectivity index (χ3v) is 20.4. The molecule has 19 aromatic rings. The number of para-hydroxylation sites is 4. The average Bonchev–Trinajstić information content (AvgIpc) is 1.77. The Morgan fingerprint density at radius 2 is 0.781 bits per heavy atom.